The fourth-order valence-corrected chi connectivity index (χ4v) is 2.37. The van der Waals surface area contributed by atoms with Crippen molar-refractivity contribution in [1.29, 1.82) is 0 Å². The fraction of sp³-hybridized carbons (Fsp3) is 0.562. The van der Waals surface area contributed by atoms with Crippen molar-refractivity contribution in [3.63, 3.8) is 0 Å². The molecule has 1 fully saturated rings. The Kier molecular flexibility index (Phi) is 6.05. The van der Waals surface area contributed by atoms with Crippen molar-refractivity contribution >= 4 is 18.3 Å². The van der Waals surface area contributed by atoms with Crippen LogP contribution in [0.5, 0.6) is 5.75 Å². The number of carbonyl (C=O) groups excluding carboxylic acids is 1. The van der Waals surface area contributed by atoms with Crippen molar-refractivity contribution in [1.82, 2.24) is 5.32 Å². The van der Waals surface area contributed by atoms with E-state index in [1.807, 2.05) is 38.1 Å². The van der Waals surface area contributed by atoms with Crippen LogP contribution in [0.1, 0.15) is 32.3 Å². The normalized spacial score (nSPS) is 18.1. The lowest BCUT2D eigenvalue weighted by Crippen LogP contribution is -2.56. The van der Waals surface area contributed by atoms with Crippen molar-refractivity contribution < 1.29 is 9.53 Å². The molecule has 0 bridgehead atoms. The zero-order chi connectivity index (χ0) is 14.8. The van der Waals surface area contributed by atoms with Gasteiger partial charge in [0.25, 0.3) is 5.91 Å². The molecule has 5 heteroatoms. The van der Waals surface area contributed by atoms with Gasteiger partial charge in [-0.25, -0.2) is 0 Å². The van der Waals surface area contributed by atoms with Crippen LogP contribution in [0.3, 0.4) is 0 Å². The minimum Gasteiger partial charge on any atom is -0.481 e. The third kappa shape index (κ3) is 4.61. The SMILES string of the molecule is Cc1cccc(OC(C)C(=O)NC(C)(CN)C2CC2)c1.Cl. The van der Waals surface area contributed by atoms with Crippen LogP contribution < -0.4 is 15.8 Å². The zero-order valence-electron chi connectivity index (χ0n) is 12.9. The van der Waals surface area contributed by atoms with Crippen LogP contribution in [0.15, 0.2) is 24.3 Å². The maximum Gasteiger partial charge on any atom is 0.261 e. The van der Waals surface area contributed by atoms with Gasteiger partial charge in [-0.3, -0.25) is 4.79 Å². The van der Waals surface area contributed by atoms with Crippen molar-refractivity contribution in [3.8, 4) is 5.75 Å². The van der Waals surface area contributed by atoms with Crippen molar-refractivity contribution in [3.05, 3.63) is 29.8 Å². The van der Waals surface area contributed by atoms with Crippen LogP contribution in [0, 0.1) is 12.8 Å². The van der Waals surface area contributed by atoms with Gasteiger partial charge in [-0.2, -0.15) is 0 Å². The molecular weight excluding hydrogens is 288 g/mol. The Bertz CT molecular complexity index is 491. The highest BCUT2D eigenvalue weighted by Gasteiger charge is 2.42. The monoisotopic (exact) mass is 312 g/mol. The quantitative estimate of drug-likeness (QED) is 0.848. The van der Waals surface area contributed by atoms with E-state index < -0.39 is 6.10 Å². The first-order valence-electron chi connectivity index (χ1n) is 7.20. The maximum absolute atomic E-state index is 12.2. The molecule has 0 heterocycles. The van der Waals surface area contributed by atoms with E-state index in [0.29, 0.717) is 18.2 Å². The van der Waals surface area contributed by atoms with Gasteiger partial charge in [0.15, 0.2) is 6.10 Å². The van der Waals surface area contributed by atoms with E-state index in [9.17, 15) is 4.79 Å². The third-order valence-corrected chi connectivity index (χ3v) is 3.98. The molecule has 1 aliphatic rings. The van der Waals surface area contributed by atoms with Gasteiger partial charge in [0.1, 0.15) is 5.75 Å². The molecular formula is C16H25ClN2O2. The number of hydrogen-bond acceptors (Lipinski definition) is 3. The molecule has 0 saturated heterocycles. The molecule has 1 saturated carbocycles. The summed E-state index contributed by atoms with van der Waals surface area (Å²) in [6.07, 6.45) is 1.75. The second kappa shape index (κ2) is 7.14. The van der Waals surface area contributed by atoms with Gasteiger partial charge in [0, 0.05) is 6.54 Å². The molecule has 21 heavy (non-hydrogen) atoms. The van der Waals surface area contributed by atoms with Gasteiger partial charge in [-0.15, -0.1) is 12.4 Å². The number of aryl methyl sites for hydroxylation is 1. The molecule has 2 rings (SSSR count). The van der Waals surface area contributed by atoms with Crippen molar-refractivity contribution in [2.75, 3.05) is 6.54 Å². The van der Waals surface area contributed by atoms with Crippen LogP contribution >= 0.6 is 12.4 Å². The Morgan fingerprint density at radius 3 is 2.71 bits per heavy atom. The number of amides is 1. The van der Waals surface area contributed by atoms with E-state index in [1.165, 1.54) is 0 Å². The smallest absolute Gasteiger partial charge is 0.261 e. The van der Waals surface area contributed by atoms with E-state index >= 15 is 0 Å². The van der Waals surface area contributed by atoms with E-state index in [-0.39, 0.29) is 23.9 Å². The largest absolute Gasteiger partial charge is 0.481 e. The number of rotatable bonds is 6. The third-order valence-electron chi connectivity index (χ3n) is 3.98. The first-order chi connectivity index (χ1) is 9.44. The number of nitrogens with one attached hydrogen (secondary N) is 1. The second-order valence-electron chi connectivity index (χ2n) is 5.96. The molecule has 2 atom stereocenters. The van der Waals surface area contributed by atoms with Gasteiger partial charge in [0.05, 0.1) is 5.54 Å². The minimum atomic E-state index is -0.526. The van der Waals surface area contributed by atoms with Gasteiger partial charge in [-0.1, -0.05) is 12.1 Å². The highest BCUT2D eigenvalue weighted by Crippen LogP contribution is 2.39. The predicted octanol–water partition coefficient (Wildman–Crippen LogP) is 2.43. The van der Waals surface area contributed by atoms with Crippen LogP contribution in [-0.4, -0.2) is 24.1 Å². The molecule has 1 aromatic carbocycles. The molecule has 0 aliphatic heterocycles. The summed E-state index contributed by atoms with van der Waals surface area (Å²) < 4.78 is 5.69. The highest BCUT2D eigenvalue weighted by atomic mass is 35.5. The molecule has 3 N–H and O–H groups in total. The first kappa shape index (κ1) is 17.8. The second-order valence-corrected chi connectivity index (χ2v) is 5.96. The maximum atomic E-state index is 12.2. The molecule has 0 aromatic heterocycles. The summed E-state index contributed by atoms with van der Waals surface area (Å²) in [6, 6.07) is 7.70. The number of halogens is 1. The Morgan fingerprint density at radius 1 is 1.52 bits per heavy atom. The van der Waals surface area contributed by atoms with E-state index in [1.54, 1.807) is 6.92 Å². The fourth-order valence-electron chi connectivity index (χ4n) is 2.37. The van der Waals surface area contributed by atoms with Gasteiger partial charge in [-0.05, 0) is 57.2 Å². The summed E-state index contributed by atoms with van der Waals surface area (Å²) in [4.78, 5) is 12.2. The predicted molar refractivity (Wildman–Crippen MR) is 86.8 cm³/mol. The lowest BCUT2D eigenvalue weighted by Gasteiger charge is -2.31. The summed E-state index contributed by atoms with van der Waals surface area (Å²) in [5, 5.41) is 3.05. The average molecular weight is 313 g/mol. The molecule has 0 spiro atoms. The first-order valence-corrected chi connectivity index (χ1v) is 7.20. The molecule has 0 radical (unpaired) electrons. The summed E-state index contributed by atoms with van der Waals surface area (Å²) in [5.41, 5.74) is 6.62. The van der Waals surface area contributed by atoms with Gasteiger partial charge < -0.3 is 15.8 Å². The summed E-state index contributed by atoms with van der Waals surface area (Å²) in [5.74, 6) is 1.11. The standard InChI is InChI=1S/C16H24N2O2.ClH/c1-11-5-4-6-14(9-11)20-12(2)15(19)18-16(3,10-17)13-7-8-13;/h4-6,9,12-13H,7-8,10,17H2,1-3H3,(H,18,19);1H. The zero-order valence-corrected chi connectivity index (χ0v) is 13.7. The molecule has 1 amide bonds. The van der Waals surface area contributed by atoms with Crippen molar-refractivity contribution in [2.45, 2.75) is 45.3 Å². The average Bonchev–Trinajstić information content (AvgIpc) is 3.23. The number of hydrogen-bond donors (Lipinski definition) is 2. The van der Waals surface area contributed by atoms with E-state index in [4.69, 9.17) is 10.5 Å². The van der Waals surface area contributed by atoms with Gasteiger partial charge in [0.2, 0.25) is 0 Å². The molecule has 2 unspecified atom stereocenters. The summed E-state index contributed by atoms with van der Waals surface area (Å²) >= 11 is 0. The Labute approximate surface area is 132 Å². The lowest BCUT2D eigenvalue weighted by atomic mass is 9.95. The van der Waals surface area contributed by atoms with Gasteiger partial charge >= 0.3 is 0 Å². The summed E-state index contributed by atoms with van der Waals surface area (Å²) in [6.45, 7) is 6.24. The summed E-state index contributed by atoms with van der Waals surface area (Å²) in [7, 11) is 0. The number of benzene rings is 1. The van der Waals surface area contributed by atoms with E-state index in [0.717, 1.165) is 18.4 Å². The van der Waals surface area contributed by atoms with Crippen LogP contribution in [-0.2, 0) is 4.79 Å². The van der Waals surface area contributed by atoms with Crippen LogP contribution in [0.4, 0.5) is 0 Å². The Balaban J connectivity index is 0.00000220. The van der Waals surface area contributed by atoms with E-state index in [2.05, 4.69) is 5.32 Å². The molecule has 1 aromatic rings. The molecule has 4 nitrogen and oxygen atoms in total. The van der Waals surface area contributed by atoms with Crippen LogP contribution in [0.25, 0.3) is 0 Å². The number of carbonyl (C=O) groups is 1. The minimum absolute atomic E-state index is 0. The number of ether oxygens (including phenoxy) is 1. The Morgan fingerprint density at radius 2 is 2.19 bits per heavy atom. The molecule has 118 valence electrons. The topological polar surface area (TPSA) is 64.3 Å². The molecule has 1 aliphatic carbocycles. The van der Waals surface area contributed by atoms with Crippen LogP contribution in [0.2, 0.25) is 0 Å². The van der Waals surface area contributed by atoms with Crippen molar-refractivity contribution in [2.24, 2.45) is 11.7 Å². The highest BCUT2D eigenvalue weighted by molar-refractivity contribution is 5.85. The lowest BCUT2D eigenvalue weighted by molar-refractivity contribution is -0.129. The Hall–Kier alpha value is -1.26. The number of nitrogens with two attached hydrogens (primary N) is 1.